The minimum Gasteiger partial charge on any atom is -0.352 e. The first-order valence-electron chi connectivity index (χ1n) is 11.6. The molecule has 1 fully saturated rings. The maximum absolute atomic E-state index is 13.1. The third-order valence-electron chi connectivity index (χ3n) is 6.23. The maximum Gasteiger partial charge on any atom is 0.416 e. The van der Waals surface area contributed by atoms with Gasteiger partial charge in [0.1, 0.15) is 0 Å². The fraction of sp³-hybridized carbons (Fsp3) is 0.417. The van der Waals surface area contributed by atoms with Gasteiger partial charge in [-0.3, -0.25) is 9.59 Å². The van der Waals surface area contributed by atoms with Gasteiger partial charge in [0.05, 0.1) is 22.8 Å². The van der Waals surface area contributed by atoms with E-state index in [1.165, 1.54) is 30.0 Å². The van der Waals surface area contributed by atoms with E-state index in [4.69, 9.17) is 5.53 Å². The van der Waals surface area contributed by atoms with Crippen molar-refractivity contribution < 1.29 is 31.2 Å². The lowest BCUT2D eigenvalue weighted by Crippen LogP contribution is -2.49. The van der Waals surface area contributed by atoms with E-state index in [0.717, 1.165) is 17.0 Å². The number of azide groups is 1. The van der Waals surface area contributed by atoms with Gasteiger partial charge in [0, 0.05) is 27.5 Å². The van der Waals surface area contributed by atoms with E-state index in [1.807, 2.05) is 6.26 Å². The number of nitrogens with zero attached hydrogens (tertiary/aromatic N) is 3. The van der Waals surface area contributed by atoms with Crippen LogP contribution in [-0.2, 0) is 20.8 Å². The summed E-state index contributed by atoms with van der Waals surface area (Å²) < 4.78 is 64.9. The van der Waals surface area contributed by atoms with Crippen LogP contribution in [0.3, 0.4) is 0 Å². The van der Waals surface area contributed by atoms with Crippen molar-refractivity contribution in [3.63, 3.8) is 0 Å². The Morgan fingerprint density at radius 1 is 1.16 bits per heavy atom. The Hall–Kier alpha value is -3.22. The normalized spacial score (nSPS) is 19.7. The number of amides is 2. The number of hydrogen-bond acceptors (Lipinski definition) is 6. The number of nitrogens with one attached hydrogen (secondary N) is 2. The van der Waals surface area contributed by atoms with Crippen molar-refractivity contribution in [1.82, 2.24) is 10.6 Å². The molecule has 3 atom stereocenters. The molecule has 1 saturated carbocycles. The summed E-state index contributed by atoms with van der Waals surface area (Å²) in [6.07, 6.45) is -1.72. The predicted molar refractivity (Wildman–Crippen MR) is 136 cm³/mol. The van der Waals surface area contributed by atoms with Crippen molar-refractivity contribution >= 4 is 33.4 Å². The molecular weight excluding hydrogens is 543 g/mol. The Morgan fingerprint density at radius 2 is 1.87 bits per heavy atom. The zero-order valence-corrected chi connectivity index (χ0v) is 21.9. The van der Waals surface area contributed by atoms with Crippen LogP contribution >= 0.6 is 11.8 Å². The summed E-state index contributed by atoms with van der Waals surface area (Å²) in [6, 6.07) is 9.27. The monoisotopic (exact) mass is 569 g/mol. The van der Waals surface area contributed by atoms with Gasteiger partial charge in [0.2, 0.25) is 5.91 Å². The number of carbonyl (C=O) groups is 2. The highest BCUT2D eigenvalue weighted by atomic mass is 32.2. The summed E-state index contributed by atoms with van der Waals surface area (Å²) in [7, 11) is -3.73. The van der Waals surface area contributed by atoms with Crippen LogP contribution in [0.5, 0.6) is 0 Å². The van der Waals surface area contributed by atoms with Gasteiger partial charge in [-0.2, -0.15) is 13.2 Å². The summed E-state index contributed by atoms with van der Waals surface area (Å²) in [5, 5.41) is 8.74. The SMILES string of the molecule is CSc1ccc(S(=O)(=O)C[C@@H]2C[C@H](N=[N+]=[N-])CC[C@@H]2NC(=O)CNC(=O)c2cccc(C(F)(F)F)c2)cc1. The fourth-order valence-electron chi connectivity index (χ4n) is 4.31. The molecule has 0 aliphatic heterocycles. The van der Waals surface area contributed by atoms with Crippen LogP contribution in [0.15, 0.2) is 63.4 Å². The number of thioether (sulfide) groups is 1. The van der Waals surface area contributed by atoms with E-state index < -0.39 is 57.9 Å². The lowest BCUT2D eigenvalue weighted by Gasteiger charge is -2.35. The molecule has 38 heavy (non-hydrogen) atoms. The van der Waals surface area contributed by atoms with Gasteiger partial charge >= 0.3 is 6.18 Å². The molecule has 0 spiro atoms. The third kappa shape index (κ3) is 7.89. The van der Waals surface area contributed by atoms with Gasteiger partial charge in [0.25, 0.3) is 5.91 Å². The standard InChI is InChI=1S/C24H26F3N5O4S2/c1-37-19-6-8-20(9-7-19)38(35,36)14-16-12-18(31-32-28)5-10-21(16)30-22(33)13-29-23(34)15-3-2-4-17(11-15)24(25,26)27/h2-4,6-9,11,16,18,21H,5,10,12-14H2,1H3,(H,29,34)(H,30,33)/t16-,18+,21-/m0/s1. The Morgan fingerprint density at radius 3 is 2.50 bits per heavy atom. The summed E-state index contributed by atoms with van der Waals surface area (Å²) in [4.78, 5) is 28.8. The van der Waals surface area contributed by atoms with Gasteiger partial charge in [0.15, 0.2) is 9.84 Å². The first kappa shape index (κ1) is 29.3. The summed E-state index contributed by atoms with van der Waals surface area (Å²) in [5.74, 6) is -2.33. The highest BCUT2D eigenvalue weighted by molar-refractivity contribution is 7.98. The van der Waals surface area contributed by atoms with E-state index >= 15 is 0 Å². The summed E-state index contributed by atoms with van der Waals surface area (Å²) in [5.41, 5.74) is 7.58. The number of carbonyl (C=O) groups excluding carboxylic acids is 2. The second-order valence-corrected chi connectivity index (χ2v) is 11.7. The lowest BCUT2D eigenvalue weighted by atomic mass is 9.83. The van der Waals surface area contributed by atoms with Crippen LogP contribution in [0.1, 0.15) is 35.2 Å². The molecule has 0 saturated heterocycles. The van der Waals surface area contributed by atoms with Crippen molar-refractivity contribution in [2.45, 2.75) is 47.3 Å². The molecule has 0 heterocycles. The smallest absolute Gasteiger partial charge is 0.352 e. The average Bonchev–Trinajstić information content (AvgIpc) is 2.88. The molecule has 2 amide bonds. The van der Waals surface area contributed by atoms with Gasteiger partial charge in [-0.15, -0.1) is 11.8 Å². The first-order chi connectivity index (χ1) is 17.9. The van der Waals surface area contributed by atoms with Crippen LogP contribution in [0.25, 0.3) is 10.4 Å². The molecule has 204 valence electrons. The highest BCUT2D eigenvalue weighted by Gasteiger charge is 2.35. The zero-order chi connectivity index (χ0) is 27.9. The van der Waals surface area contributed by atoms with Gasteiger partial charge in [-0.05, 0) is 79.4 Å². The molecular formula is C24H26F3N5O4S2. The third-order valence-corrected chi connectivity index (χ3v) is 8.83. The fourth-order valence-corrected chi connectivity index (χ4v) is 6.39. The van der Waals surface area contributed by atoms with Crippen molar-refractivity contribution in [3.05, 3.63) is 70.1 Å². The van der Waals surface area contributed by atoms with Crippen LogP contribution in [0.4, 0.5) is 13.2 Å². The minimum atomic E-state index is -4.62. The van der Waals surface area contributed by atoms with E-state index in [0.29, 0.717) is 18.9 Å². The van der Waals surface area contributed by atoms with Crippen molar-refractivity contribution in [2.75, 3.05) is 18.6 Å². The molecule has 1 aliphatic carbocycles. The quantitative estimate of drug-likeness (QED) is 0.197. The topological polar surface area (TPSA) is 141 Å². The molecule has 0 unspecified atom stereocenters. The molecule has 0 bridgehead atoms. The maximum atomic E-state index is 13.1. The second-order valence-electron chi connectivity index (χ2n) is 8.82. The molecule has 9 nitrogen and oxygen atoms in total. The molecule has 0 radical (unpaired) electrons. The first-order valence-corrected chi connectivity index (χ1v) is 14.5. The molecule has 2 N–H and O–H groups in total. The van der Waals surface area contributed by atoms with Gasteiger partial charge in [-0.1, -0.05) is 11.2 Å². The predicted octanol–water partition coefficient (Wildman–Crippen LogP) is 4.59. The Labute approximate surface area is 222 Å². The van der Waals surface area contributed by atoms with Gasteiger partial charge in [-0.25, -0.2) is 8.42 Å². The van der Waals surface area contributed by atoms with E-state index in [2.05, 4.69) is 20.7 Å². The number of sulfone groups is 1. The molecule has 2 aromatic rings. The Bertz CT molecular complexity index is 1310. The largest absolute Gasteiger partial charge is 0.416 e. The minimum absolute atomic E-state index is 0.139. The number of halogens is 3. The number of alkyl halides is 3. The van der Waals surface area contributed by atoms with Crippen LogP contribution in [0, 0.1) is 5.92 Å². The summed E-state index contributed by atoms with van der Waals surface area (Å²) in [6.45, 7) is -0.513. The van der Waals surface area contributed by atoms with Crippen molar-refractivity contribution in [3.8, 4) is 0 Å². The van der Waals surface area contributed by atoms with Crippen molar-refractivity contribution in [1.29, 1.82) is 0 Å². The highest BCUT2D eigenvalue weighted by Crippen LogP contribution is 2.31. The second kappa shape index (κ2) is 12.5. The zero-order valence-electron chi connectivity index (χ0n) is 20.3. The average molecular weight is 570 g/mol. The lowest BCUT2D eigenvalue weighted by molar-refractivity contribution is -0.137. The molecule has 0 aromatic heterocycles. The van der Waals surface area contributed by atoms with Crippen LogP contribution in [0.2, 0.25) is 0 Å². The molecule has 2 aromatic carbocycles. The number of benzene rings is 2. The molecule has 14 heteroatoms. The van der Waals surface area contributed by atoms with Crippen LogP contribution in [-0.4, -0.2) is 50.9 Å². The van der Waals surface area contributed by atoms with Crippen LogP contribution < -0.4 is 10.6 Å². The molecule has 1 aliphatic rings. The summed E-state index contributed by atoms with van der Waals surface area (Å²) >= 11 is 1.47. The van der Waals surface area contributed by atoms with Gasteiger partial charge < -0.3 is 10.6 Å². The molecule has 3 rings (SSSR count). The van der Waals surface area contributed by atoms with E-state index in [1.54, 1.807) is 12.1 Å². The van der Waals surface area contributed by atoms with Crippen molar-refractivity contribution in [2.24, 2.45) is 11.0 Å². The Balaban J connectivity index is 1.67. The number of rotatable bonds is 9. The number of hydrogen-bond donors (Lipinski definition) is 2. The van der Waals surface area contributed by atoms with E-state index in [-0.39, 0.29) is 22.6 Å². The van der Waals surface area contributed by atoms with E-state index in [9.17, 15) is 31.2 Å². The Kier molecular flexibility index (Phi) is 9.69.